The van der Waals surface area contributed by atoms with Gasteiger partial charge in [0.1, 0.15) is 5.82 Å². The summed E-state index contributed by atoms with van der Waals surface area (Å²) in [6, 6.07) is 15.7. The summed E-state index contributed by atoms with van der Waals surface area (Å²) in [7, 11) is 0. The maximum atomic E-state index is 12.8. The normalized spacial score (nSPS) is 11.6. The number of carboxylic acids is 1. The van der Waals surface area contributed by atoms with E-state index in [1.54, 1.807) is 30.5 Å². The number of hydrogen-bond donors (Lipinski definition) is 3. The van der Waals surface area contributed by atoms with Crippen LogP contribution in [0.15, 0.2) is 72.9 Å². The molecule has 206 valence electrons. The van der Waals surface area contributed by atoms with Gasteiger partial charge in [-0.3, -0.25) is 9.59 Å². The summed E-state index contributed by atoms with van der Waals surface area (Å²) in [4.78, 5) is 39.9. The number of nitrogens with one attached hydrogen (secondary N) is 3. The predicted octanol–water partition coefficient (Wildman–Crippen LogP) is 0.467. The summed E-state index contributed by atoms with van der Waals surface area (Å²) in [6.07, 6.45) is -1.70. The van der Waals surface area contributed by atoms with Crippen molar-refractivity contribution in [3.8, 4) is 11.1 Å². The number of carbonyl (C=O) groups is 3. The maximum absolute atomic E-state index is 12.8. The Bertz CT molecular complexity index is 1240. The van der Waals surface area contributed by atoms with Gasteiger partial charge in [-0.1, -0.05) is 42.5 Å². The number of pyridine rings is 1. The molecular weight excluding hydrogens is 536 g/mol. The summed E-state index contributed by atoms with van der Waals surface area (Å²) in [5.74, 6) is -1.51. The molecule has 12 heteroatoms. The summed E-state index contributed by atoms with van der Waals surface area (Å²) in [5, 5.41) is 19.5. The van der Waals surface area contributed by atoms with Gasteiger partial charge in [-0.05, 0) is 53.8 Å². The third kappa shape index (κ3) is 11.0. The molecule has 0 spiro atoms. The molecule has 1 unspecified atom stereocenters. The first kappa shape index (κ1) is 32.8. The van der Waals surface area contributed by atoms with Crippen molar-refractivity contribution in [2.24, 2.45) is 0 Å². The van der Waals surface area contributed by atoms with Crippen molar-refractivity contribution in [2.75, 3.05) is 18.4 Å². The number of nitrogens with zero attached hydrogens (tertiary/aromatic N) is 1. The number of rotatable bonds is 13. The molecule has 0 aliphatic carbocycles. The SMILES string of the molecule is O=C([O-])CC(NC(=O)CNC(=O)CCCCNc1ccccn1)c1ccc(-c2ccc(C(F)(F)F)cc2)cc1.[Na+]. The van der Waals surface area contributed by atoms with Crippen LogP contribution in [0.25, 0.3) is 11.1 Å². The van der Waals surface area contributed by atoms with Crippen molar-refractivity contribution in [2.45, 2.75) is 37.9 Å². The number of amides is 2. The smallest absolute Gasteiger partial charge is 0.550 e. The zero-order valence-corrected chi connectivity index (χ0v) is 24.0. The summed E-state index contributed by atoms with van der Waals surface area (Å²) >= 11 is 0. The van der Waals surface area contributed by atoms with E-state index < -0.39 is 36.1 Å². The molecule has 1 aromatic heterocycles. The second-order valence-corrected chi connectivity index (χ2v) is 8.77. The predicted molar refractivity (Wildman–Crippen MR) is 137 cm³/mol. The molecule has 40 heavy (non-hydrogen) atoms. The topological polar surface area (TPSA) is 123 Å². The van der Waals surface area contributed by atoms with Crippen LogP contribution in [0.5, 0.6) is 0 Å². The minimum atomic E-state index is -4.43. The largest absolute Gasteiger partial charge is 1.00 e. The van der Waals surface area contributed by atoms with Crippen LogP contribution in [0.2, 0.25) is 0 Å². The van der Waals surface area contributed by atoms with Crippen molar-refractivity contribution in [1.29, 1.82) is 0 Å². The molecule has 0 saturated carbocycles. The van der Waals surface area contributed by atoms with Gasteiger partial charge in [-0.15, -0.1) is 0 Å². The van der Waals surface area contributed by atoms with Gasteiger partial charge < -0.3 is 25.9 Å². The fraction of sp³-hybridized carbons (Fsp3) is 0.286. The Balaban J connectivity index is 0.00000560. The molecule has 0 radical (unpaired) electrons. The number of anilines is 1. The molecule has 3 rings (SSSR count). The van der Waals surface area contributed by atoms with E-state index in [2.05, 4.69) is 20.9 Å². The van der Waals surface area contributed by atoms with Gasteiger partial charge in [-0.25, -0.2) is 4.98 Å². The van der Waals surface area contributed by atoms with Gasteiger partial charge in [0.15, 0.2) is 0 Å². The van der Waals surface area contributed by atoms with E-state index in [0.29, 0.717) is 29.7 Å². The molecule has 1 heterocycles. The fourth-order valence-electron chi connectivity index (χ4n) is 3.79. The van der Waals surface area contributed by atoms with Crippen molar-refractivity contribution in [3.63, 3.8) is 0 Å². The van der Waals surface area contributed by atoms with Crippen LogP contribution in [0, 0.1) is 0 Å². The molecule has 2 amide bonds. The first-order valence-corrected chi connectivity index (χ1v) is 12.3. The van der Waals surface area contributed by atoms with E-state index in [1.165, 1.54) is 12.1 Å². The van der Waals surface area contributed by atoms with Crippen LogP contribution >= 0.6 is 0 Å². The van der Waals surface area contributed by atoms with Crippen LogP contribution in [0.4, 0.5) is 19.0 Å². The third-order valence-corrected chi connectivity index (χ3v) is 5.81. The number of benzene rings is 2. The van der Waals surface area contributed by atoms with E-state index in [-0.39, 0.29) is 48.4 Å². The molecule has 8 nitrogen and oxygen atoms in total. The van der Waals surface area contributed by atoms with E-state index in [0.717, 1.165) is 24.4 Å². The second-order valence-electron chi connectivity index (χ2n) is 8.77. The Morgan fingerprint density at radius 2 is 1.52 bits per heavy atom. The van der Waals surface area contributed by atoms with E-state index in [4.69, 9.17) is 0 Å². The number of unbranched alkanes of at least 4 members (excludes halogenated alkanes) is 1. The summed E-state index contributed by atoms with van der Waals surface area (Å²) in [5.41, 5.74) is 0.873. The zero-order chi connectivity index (χ0) is 28.3. The van der Waals surface area contributed by atoms with Crippen molar-refractivity contribution in [3.05, 3.63) is 84.1 Å². The van der Waals surface area contributed by atoms with Gasteiger partial charge in [0.25, 0.3) is 0 Å². The van der Waals surface area contributed by atoms with Gasteiger partial charge in [-0.2, -0.15) is 13.2 Å². The monoisotopic (exact) mass is 564 g/mol. The zero-order valence-electron chi connectivity index (χ0n) is 22.0. The van der Waals surface area contributed by atoms with Gasteiger partial charge in [0, 0.05) is 31.6 Å². The van der Waals surface area contributed by atoms with Gasteiger partial charge >= 0.3 is 35.7 Å². The Labute approximate surface area is 252 Å². The third-order valence-electron chi connectivity index (χ3n) is 5.81. The molecule has 3 aromatic rings. The van der Waals surface area contributed by atoms with E-state index >= 15 is 0 Å². The average Bonchev–Trinajstić information content (AvgIpc) is 2.91. The quantitative estimate of drug-likeness (QED) is 0.205. The molecule has 1 atom stereocenters. The van der Waals surface area contributed by atoms with Crippen LogP contribution < -0.4 is 50.6 Å². The molecule has 2 aromatic carbocycles. The molecular formula is C28H28F3N4NaO4. The van der Waals surface area contributed by atoms with E-state index in [1.807, 2.05) is 18.2 Å². The van der Waals surface area contributed by atoms with Crippen LogP contribution in [-0.4, -0.2) is 35.9 Å². The van der Waals surface area contributed by atoms with Crippen molar-refractivity contribution in [1.82, 2.24) is 15.6 Å². The number of halogens is 3. The molecule has 3 N–H and O–H groups in total. The standard InChI is InChI=1S/C28H29F3N4O4.Na/c29-28(30,31)22-13-11-20(12-14-22)19-7-9-21(10-8-19)23(17-27(38)39)35-26(37)18-34-25(36)6-2-4-16-33-24-5-1-3-15-32-24;/h1,3,5,7-15,23H,2,4,6,16-18H2,(H,32,33)(H,34,36)(H,35,37)(H,38,39);/q;+1/p-1. The second kappa shape index (κ2) is 16.0. The van der Waals surface area contributed by atoms with Crippen LogP contribution in [0.3, 0.4) is 0 Å². The molecule has 0 saturated heterocycles. The Morgan fingerprint density at radius 3 is 2.10 bits per heavy atom. The van der Waals surface area contributed by atoms with Gasteiger partial charge in [0.2, 0.25) is 11.8 Å². The number of aliphatic carboxylic acids is 1. The molecule has 0 aliphatic rings. The van der Waals surface area contributed by atoms with Gasteiger partial charge in [0.05, 0.1) is 18.2 Å². The average molecular weight is 565 g/mol. The molecule has 0 aliphatic heterocycles. The number of carboxylic acid groups (broad SMARTS) is 1. The number of carbonyl (C=O) groups excluding carboxylic acids is 3. The first-order valence-electron chi connectivity index (χ1n) is 12.3. The van der Waals surface area contributed by atoms with Crippen LogP contribution in [-0.2, 0) is 20.6 Å². The number of alkyl halides is 3. The van der Waals surface area contributed by atoms with E-state index in [9.17, 15) is 32.7 Å². The van der Waals surface area contributed by atoms with Crippen molar-refractivity contribution < 1.29 is 62.2 Å². The maximum Gasteiger partial charge on any atom is 1.00 e. The minimum Gasteiger partial charge on any atom is -0.550 e. The molecule has 0 bridgehead atoms. The number of hydrogen-bond acceptors (Lipinski definition) is 6. The Hall–Kier alpha value is -3.41. The Kier molecular flexibility index (Phi) is 13.1. The fourth-order valence-corrected chi connectivity index (χ4v) is 3.79. The molecule has 0 fully saturated rings. The summed E-state index contributed by atoms with van der Waals surface area (Å²) < 4.78 is 38.4. The Morgan fingerprint density at radius 1 is 0.875 bits per heavy atom. The van der Waals surface area contributed by atoms with Crippen molar-refractivity contribution >= 4 is 23.6 Å². The summed E-state index contributed by atoms with van der Waals surface area (Å²) in [6.45, 7) is 0.325. The first-order chi connectivity index (χ1) is 18.6. The minimum absolute atomic E-state index is 0. The van der Waals surface area contributed by atoms with Crippen LogP contribution in [0.1, 0.15) is 42.9 Å². The number of aromatic nitrogens is 1.